The number of amides is 1. The molecule has 0 aliphatic heterocycles. The number of aliphatic carboxylic acids is 1. The summed E-state index contributed by atoms with van der Waals surface area (Å²) in [5, 5.41) is 10.9. The second kappa shape index (κ2) is 7.50. The molecule has 2 atom stereocenters. The summed E-state index contributed by atoms with van der Waals surface area (Å²) in [5.41, 5.74) is 6.58. The Hall–Kier alpha value is -1.92. The summed E-state index contributed by atoms with van der Waals surface area (Å²) >= 11 is 0. The number of hydrogen-bond acceptors (Lipinski definition) is 4. The minimum Gasteiger partial charge on any atom is -0.480 e. The van der Waals surface area contributed by atoms with E-state index >= 15 is 0 Å². The summed E-state index contributed by atoms with van der Waals surface area (Å²) < 4.78 is 5.31. The fourth-order valence-electron chi connectivity index (χ4n) is 1.34. The summed E-state index contributed by atoms with van der Waals surface area (Å²) in [4.78, 5) is 22.1. The highest BCUT2D eigenvalue weighted by atomic mass is 16.5. The Bertz CT molecular complexity index is 422. The van der Waals surface area contributed by atoms with Crippen molar-refractivity contribution in [2.45, 2.75) is 25.6 Å². The van der Waals surface area contributed by atoms with Gasteiger partial charge in [-0.15, -0.1) is 0 Å². The third-order valence-corrected chi connectivity index (χ3v) is 2.47. The molecule has 1 rings (SSSR count). The van der Waals surface area contributed by atoms with E-state index in [0.717, 1.165) is 5.56 Å². The Balaban J connectivity index is 2.29. The highest BCUT2D eigenvalue weighted by Gasteiger charge is 2.19. The largest absolute Gasteiger partial charge is 0.480 e. The van der Waals surface area contributed by atoms with Crippen LogP contribution < -0.4 is 11.1 Å². The number of carbonyl (C=O) groups excluding carboxylic acids is 1. The summed E-state index contributed by atoms with van der Waals surface area (Å²) in [6, 6.07) is 7.63. The maximum Gasteiger partial charge on any atom is 0.325 e. The molecular formula is C13H18N2O4. The van der Waals surface area contributed by atoms with E-state index in [1.807, 2.05) is 30.3 Å². The van der Waals surface area contributed by atoms with Gasteiger partial charge in [-0.2, -0.15) is 0 Å². The molecule has 6 heteroatoms. The normalized spacial score (nSPS) is 13.6. The van der Waals surface area contributed by atoms with Crippen molar-refractivity contribution < 1.29 is 19.4 Å². The third-order valence-electron chi connectivity index (χ3n) is 2.47. The standard InChI is InChI=1S/C13H18N2O4/c1-9(13(17)18)15-12(16)11(14)8-19-7-10-5-3-2-4-6-10/h2-6,9,11H,7-8,14H2,1H3,(H,15,16)(H,17,18). The van der Waals surface area contributed by atoms with Crippen LogP contribution in [0, 0.1) is 0 Å². The lowest BCUT2D eigenvalue weighted by atomic mass is 10.2. The van der Waals surface area contributed by atoms with E-state index in [1.54, 1.807) is 0 Å². The maximum absolute atomic E-state index is 11.5. The van der Waals surface area contributed by atoms with Crippen LogP contribution in [0.2, 0.25) is 0 Å². The summed E-state index contributed by atoms with van der Waals surface area (Å²) in [5.74, 6) is -1.64. The molecule has 0 aliphatic rings. The Labute approximate surface area is 111 Å². The number of carboxylic acids is 1. The molecular weight excluding hydrogens is 248 g/mol. The van der Waals surface area contributed by atoms with Gasteiger partial charge in [-0.05, 0) is 12.5 Å². The molecule has 0 spiro atoms. The zero-order chi connectivity index (χ0) is 14.3. The molecule has 0 aliphatic carbocycles. The Morgan fingerprint density at radius 2 is 2.00 bits per heavy atom. The van der Waals surface area contributed by atoms with Gasteiger partial charge in [-0.3, -0.25) is 9.59 Å². The number of nitrogens with two attached hydrogens (primary N) is 1. The molecule has 19 heavy (non-hydrogen) atoms. The van der Waals surface area contributed by atoms with E-state index in [1.165, 1.54) is 6.92 Å². The first-order chi connectivity index (χ1) is 9.00. The van der Waals surface area contributed by atoms with E-state index in [9.17, 15) is 9.59 Å². The van der Waals surface area contributed by atoms with Crippen molar-refractivity contribution in [1.82, 2.24) is 5.32 Å². The van der Waals surface area contributed by atoms with Gasteiger partial charge in [0.1, 0.15) is 12.1 Å². The Morgan fingerprint density at radius 3 is 2.58 bits per heavy atom. The number of carbonyl (C=O) groups is 2. The van der Waals surface area contributed by atoms with Gasteiger partial charge in [0.15, 0.2) is 0 Å². The lowest BCUT2D eigenvalue weighted by molar-refractivity contribution is -0.141. The fraction of sp³-hybridized carbons (Fsp3) is 0.385. The molecule has 4 N–H and O–H groups in total. The van der Waals surface area contributed by atoms with Crippen LogP contribution in [-0.4, -0.2) is 35.7 Å². The Morgan fingerprint density at radius 1 is 1.37 bits per heavy atom. The van der Waals surface area contributed by atoms with Crippen molar-refractivity contribution in [3.8, 4) is 0 Å². The second-order valence-electron chi connectivity index (χ2n) is 4.18. The fourth-order valence-corrected chi connectivity index (χ4v) is 1.34. The van der Waals surface area contributed by atoms with Gasteiger partial charge >= 0.3 is 5.97 Å². The lowest BCUT2D eigenvalue weighted by Crippen LogP contribution is -2.49. The predicted octanol–water partition coefficient (Wildman–Crippen LogP) is 0.120. The molecule has 0 bridgehead atoms. The zero-order valence-electron chi connectivity index (χ0n) is 10.7. The molecule has 2 unspecified atom stereocenters. The molecule has 1 amide bonds. The van der Waals surface area contributed by atoms with Crippen molar-refractivity contribution in [3.05, 3.63) is 35.9 Å². The molecule has 0 radical (unpaired) electrons. The Kier molecular flexibility index (Phi) is 5.98. The van der Waals surface area contributed by atoms with Crippen molar-refractivity contribution in [1.29, 1.82) is 0 Å². The van der Waals surface area contributed by atoms with Gasteiger partial charge in [0, 0.05) is 0 Å². The van der Waals surface area contributed by atoms with Gasteiger partial charge in [-0.25, -0.2) is 0 Å². The highest BCUT2D eigenvalue weighted by Crippen LogP contribution is 2.00. The molecule has 0 saturated carbocycles. The number of hydrogen-bond donors (Lipinski definition) is 3. The number of benzene rings is 1. The van der Waals surface area contributed by atoms with Crippen LogP contribution in [0.1, 0.15) is 12.5 Å². The first-order valence-electron chi connectivity index (χ1n) is 5.91. The maximum atomic E-state index is 11.5. The van der Waals surface area contributed by atoms with Gasteiger partial charge in [0.2, 0.25) is 5.91 Å². The summed E-state index contributed by atoms with van der Waals surface area (Å²) in [6.45, 7) is 1.77. The molecule has 0 fully saturated rings. The van der Waals surface area contributed by atoms with Crippen LogP contribution in [0.4, 0.5) is 0 Å². The summed E-state index contributed by atoms with van der Waals surface area (Å²) in [6.07, 6.45) is 0. The molecule has 0 heterocycles. The van der Waals surface area contributed by atoms with Crippen molar-refractivity contribution in [2.75, 3.05) is 6.61 Å². The van der Waals surface area contributed by atoms with Gasteiger partial charge < -0.3 is 20.9 Å². The number of carboxylic acid groups (broad SMARTS) is 1. The zero-order valence-corrected chi connectivity index (χ0v) is 10.7. The molecule has 6 nitrogen and oxygen atoms in total. The number of nitrogens with one attached hydrogen (secondary N) is 1. The van der Waals surface area contributed by atoms with E-state index < -0.39 is 24.0 Å². The molecule has 104 valence electrons. The SMILES string of the molecule is CC(NC(=O)C(N)COCc1ccccc1)C(=O)O. The van der Waals surface area contributed by atoms with Crippen LogP contribution in [0.5, 0.6) is 0 Å². The number of ether oxygens (including phenoxy) is 1. The highest BCUT2D eigenvalue weighted by molar-refractivity contribution is 5.86. The summed E-state index contributed by atoms with van der Waals surface area (Å²) in [7, 11) is 0. The minimum absolute atomic E-state index is 0.0348. The van der Waals surface area contributed by atoms with Crippen LogP contribution in [0.3, 0.4) is 0 Å². The smallest absolute Gasteiger partial charge is 0.325 e. The molecule has 0 saturated heterocycles. The predicted molar refractivity (Wildman–Crippen MR) is 69.3 cm³/mol. The quantitative estimate of drug-likeness (QED) is 0.650. The molecule has 0 aromatic heterocycles. The van der Waals surface area contributed by atoms with Crippen molar-refractivity contribution in [2.24, 2.45) is 5.73 Å². The van der Waals surface area contributed by atoms with Crippen LogP contribution >= 0.6 is 0 Å². The molecule has 1 aromatic carbocycles. The van der Waals surface area contributed by atoms with E-state index in [-0.39, 0.29) is 6.61 Å². The van der Waals surface area contributed by atoms with E-state index in [4.69, 9.17) is 15.6 Å². The average molecular weight is 266 g/mol. The van der Waals surface area contributed by atoms with Crippen molar-refractivity contribution in [3.63, 3.8) is 0 Å². The number of rotatable bonds is 7. The average Bonchev–Trinajstić information content (AvgIpc) is 2.39. The van der Waals surface area contributed by atoms with E-state index in [0.29, 0.717) is 6.61 Å². The first kappa shape index (κ1) is 15.1. The topological polar surface area (TPSA) is 102 Å². The second-order valence-corrected chi connectivity index (χ2v) is 4.18. The van der Waals surface area contributed by atoms with E-state index in [2.05, 4.69) is 5.32 Å². The minimum atomic E-state index is -1.11. The van der Waals surface area contributed by atoms with Crippen LogP contribution in [-0.2, 0) is 20.9 Å². The van der Waals surface area contributed by atoms with Gasteiger partial charge in [0.05, 0.1) is 13.2 Å². The lowest BCUT2D eigenvalue weighted by Gasteiger charge is -2.15. The third kappa shape index (κ3) is 5.50. The molecule has 1 aromatic rings. The first-order valence-corrected chi connectivity index (χ1v) is 5.91. The monoisotopic (exact) mass is 266 g/mol. The van der Waals surface area contributed by atoms with Gasteiger partial charge in [-0.1, -0.05) is 30.3 Å². The van der Waals surface area contributed by atoms with Gasteiger partial charge in [0.25, 0.3) is 0 Å². The van der Waals surface area contributed by atoms with Crippen LogP contribution in [0.15, 0.2) is 30.3 Å². The van der Waals surface area contributed by atoms with Crippen molar-refractivity contribution >= 4 is 11.9 Å². The van der Waals surface area contributed by atoms with Crippen LogP contribution in [0.25, 0.3) is 0 Å².